The lowest BCUT2D eigenvalue weighted by atomic mass is 10.0. The van der Waals surface area contributed by atoms with Gasteiger partial charge in [0.15, 0.2) is 0 Å². The summed E-state index contributed by atoms with van der Waals surface area (Å²) >= 11 is 4.80. The number of hydrogen-bond acceptors (Lipinski definition) is 6. The summed E-state index contributed by atoms with van der Waals surface area (Å²) in [7, 11) is -3.64. The molecule has 9 heteroatoms. The molecule has 1 aromatic heterocycles. The SMILES string of the molecule is O=C(OCc1nc2ccccc2s1)C1CCCN(S(=O)(=O)c2ccc(Br)cc2)C1. The Morgan fingerprint density at radius 3 is 2.72 bits per heavy atom. The Bertz CT molecular complexity index is 1100. The van der Waals surface area contributed by atoms with E-state index in [1.54, 1.807) is 24.3 Å². The maximum atomic E-state index is 12.9. The second-order valence-corrected chi connectivity index (χ2v) is 10.8. The quantitative estimate of drug-likeness (QED) is 0.496. The second kappa shape index (κ2) is 8.51. The Morgan fingerprint density at radius 1 is 1.21 bits per heavy atom. The predicted molar refractivity (Wildman–Crippen MR) is 115 cm³/mol. The molecule has 1 aliphatic rings. The van der Waals surface area contributed by atoms with Crippen LogP contribution in [0.2, 0.25) is 0 Å². The molecule has 0 spiro atoms. The van der Waals surface area contributed by atoms with Crippen LogP contribution < -0.4 is 0 Å². The lowest BCUT2D eigenvalue weighted by Crippen LogP contribution is -2.42. The predicted octanol–water partition coefficient (Wildman–Crippen LogP) is 4.20. The molecule has 1 saturated heterocycles. The lowest BCUT2D eigenvalue weighted by molar-refractivity contribution is -0.151. The first kappa shape index (κ1) is 20.5. The van der Waals surface area contributed by atoms with Gasteiger partial charge in [-0.05, 0) is 49.2 Å². The van der Waals surface area contributed by atoms with Gasteiger partial charge in [-0.1, -0.05) is 28.1 Å². The second-order valence-electron chi connectivity index (χ2n) is 6.84. The van der Waals surface area contributed by atoms with Crippen molar-refractivity contribution in [3.05, 3.63) is 58.0 Å². The van der Waals surface area contributed by atoms with Crippen LogP contribution in [-0.4, -0.2) is 36.8 Å². The van der Waals surface area contributed by atoms with E-state index in [0.717, 1.165) is 19.7 Å². The number of esters is 1. The highest BCUT2D eigenvalue weighted by Crippen LogP contribution is 2.26. The number of para-hydroxylation sites is 1. The molecule has 0 saturated carbocycles. The molecule has 0 aliphatic carbocycles. The molecule has 2 aromatic carbocycles. The zero-order chi connectivity index (χ0) is 20.4. The molecule has 1 unspecified atom stereocenters. The van der Waals surface area contributed by atoms with E-state index in [-0.39, 0.29) is 24.0 Å². The third-order valence-corrected chi connectivity index (χ3v) is 8.26. The number of thiazole rings is 1. The van der Waals surface area contributed by atoms with Gasteiger partial charge in [0.1, 0.15) is 11.6 Å². The summed E-state index contributed by atoms with van der Waals surface area (Å²) in [6.45, 7) is 0.644. The van der Waals surface area contributed by atoms with Crippen molar-refractivity contribution in [1.82, 2.24) is 9.29 Å². The van der Waals surface area contributed by atoms with Gasteiger partial charge in [0.25, 0.3) is 0 Å². The zero-order valence-electron chi connectivity index (χ0n) is 15.5. The Balaban J connectivity index is 1.40. The lowest BCUT2D eigenvalue weighted by Gasteiger charge is -2.30. The molecular formula is C20H19BrN2O4S2. The van der Waals surface area contributed by atoms with E-state index in [0.29, 0.717) is 19.4 Å². The molecule has 0 radical (unpaired) electrons. The summed E-state index contributed by atoms with van der Waals surface area (Å²) < 4.78 is 34.5. The number of aromatic nitrogens is 1. The van der Waals surface area contributed by atoms with Crippen molar-refractivity contribution >= 4 is 53.5 Å². The van der Waals surface area contributed by atoms with E-state index >= 15 is 0 Å². The van der Waals surface area contributed by atoms with Crippen LogP contribution in [0.15, 0.2) is 57.9 Å². The van der Waals surface area contributed by atoms with Crippen LogP contribution in [0.5, 0.6) is 0 Å². The average Bonchev–Trinajstić information content (AvgIpc) is 3.15. The van der Waals surface area contributed by atoms with E-state index in [4.69, 9.17) is 4.74 Å². The van der Waals surface area contributed by atoms with Crippen LogP contribution in [0.1, 0.15) is 17.8 Å². The smallest absolute Gasteiger partial charge is 0.310 e. The normalized spacial score (nSPS) is 18.0. The molecule has 0 N–H and O–H groups in total. The monoisotopic (exact) mass is 494 g/mol. The fraction of sp³-hybridized carbons (Fsp3) is 0.300. The van der Waals surface area contributed by atoms with Gasteiger partial charge in [-0.25, -0.2) is 13.4 Å². The first-order chi connectivity index (χ1) is 13.9. The standard InChI is InChI=1S/C20H19BrN2O4S2/c21-15-7-9-16(10-8-15)29(25,26)23-11-3-4-14(12-23)20(24)27-13-19-22-17-5-1-2-6-18(17)28-19/h1-2,5-10,14H,3-4,11-13H2. The minimum Gasteiger partial charge on any atom is -0.458 e. The van der Waals surface area contributed by atoms with Crippen LogP contribution in [-0.2, 0) is 26.2 Å². The van der Waals surface area contributed by atoms with Gasteiger partial charge in [0.05, 0.1) is 21.0 Å². The number of nitrogens with zero attached hydrogens (tertiary/aromatic N) is 2. The van der Waals surface area contributed by atoms with Gasteiger partial charge < -0.3 is 4.74 Å². The number of carbonyl (C=O) groups is 1. The van der Waals surface area contributed by atoms with Gasteiger partial charge in [0, 0.05) is 17.6 Å². The van der Waals surface area contributed by atoms with E-state index < -0.39 is 15.9 Å². The summed E-state index contributed by atoms with van der Waals surface area (Å²) in [6.07, 6.45) is 1.24. The number of sulfonamides is 1. The molecule has 1 aliphatic heterocycles. The molecule has 2 heterocycles. The van der Waals surface area contributed by atoms with Crippen LogP contribution in [0, 0.1) is 5.92 Å². The summed E-state index contributed by atoms with van der Waals surface area (Å²) in [4.78, 5) is 17.3. The summed E-state index contributed by atoms with van der Waals surface area (Å²) in [6, 6.07) is 14.3. The third-order valence-electron chi connectivity index (χ3n) is 4.84. The maximum absolute atomic E-state index is 12.9. The van der Waals surface area contributed by atoms with E-state index in [1.165, 1.54) is 15.6 Å². The van der Waals surface area contributed by atoms with Crippen LogP contribution in [0.4, 0.5) is 0 Å². The molecule has 152 valence electrons. The average molecular weight is 495 g/mol. The van der Waals surface area contributed by atoms with Crippen LogP contribution >= 0.6 is 27.3 Å². The molecule has 29 heavy (non-hydrogen) atoms. The Morgan fingerprint density at radius 2 is 1.97 bits per heavy atom. The highest BCUT2D eigenvalue weighted by molar-refractivity contribution is 9.10. The van der Waals surface area contributed by atoms with Crippen molar-refractivity contribution in [3.8, 4) is 0 Å². The highest BCUT2D eigenvalue weighted by Gasteiger charge is 2.34. The fourth-order valence-corrected chi connectivity index (χ4v) is 6.01. The summed E-state index contributed by atoms with van der Waals surface area (Å²) in [5.41, 5.74) is 0.882. The van der Waals surface area contributed by atoms with Crippen LogP contribution in [0.25, 0.3) is 10.2 Å². The number of halogens is 1. The highest BCUT2D eigenvalue weighted by atomic mass is 79.9. The minimum absolute atomic E-state index is 0.105. The zero-order valence-corrected chi connectivity index (χ0v) is 18.7. The number of rotatable bonds is 5. The van der Waals surface area contributed by atoms with E-state index in [2.05, 4.69) is 20.9 Å². The summed E-state index contributed by atoms with van der Waals surface area (Å²) in [5, 5.41) is 0.731. The number of benzene rings is 2. The van der Waals surface area contributed by atoms with Crippen molar-refractivity contribution < 1.29 is 17.9 Å². The van der Waals surface area contributed by atoms with Crippen molar-refractivity contribution in [2.75, 3.05) is 13.1 Å². The molecule has 1 atom stereocenters. The topological polar surface area (TPSA) is 76.6 Å². The Labute approximate surface area is 181 Å². The van der Waals surface area contributed by atoms with E-state index in [1.807, 2.05) is 24.3 Å². The molecule has 3 aromatic rings. The molecule has 1 fully saturated rings. The van der Waals surface area contributed by atoms with Gasteiger partial charge in [0.2, 0.25) is 10.0 Å². The largest absolute Gasteiger partial charge is 0.458 e. The molecular weight excluding hydrogens is 476 g/mol. The van der Waals surface area contributed by atoms with Gasteiger partial charge in [-0.2, -0.15) is 4.31 Å². The fourth-order valence-electron chi connectivity index (χ4n) is 3.34. The van der Waals surface area contributed by atoms with Gasteiger partial charge in [-0.15, -0.1) is 11.3 Å². The van der Waals surface area contributed by atoms with Crippen molar-refractivity contribution in [1.29, 1.82) is 0 Å². The number of ether oxygens (including phenoxy) is 1. The van der Waals surface area contributed by atoms with Gasteiger partial charge >= 0.3 is 5.97 Å². The van der Waals surface area contributed by atoms with Crippen LogP contribution in [0.3, 0.4) is 0 Å². The van der Waals surface area contributed by atoms with E-state index in [9.17, 15) is 13.2 Å². The number of carbonyl (C=O) groups excluding carboxylic acids is 1. The Kier molecular flexibility index (Phi) is 6.00. The van der Waals surface area contributed by atoms with Crippen molar-refractivity contribution in [2.45, 2.75) is 24.3 Å². The summed E-state index contributed by atoms with van der Waals surface area (Å²) in [5.74, 6) is -0.844. The number of fused-ring (bicyclic) bond motifs is 1. The molecule has 6 nitrogen and oxygen atoms in total. The number of hydrogen-bond donors (Lipinski definition) is 0. The minimum atomic E-state index is -3.64. The van der Waals surface area contributed by atoms with Gasteiger partial charge in [-0.3, -0.25) is 4.79 Å². The van der Waals surface area contributed by atoms with Crippen molar-refractivity contribution in [2.24, 2.45) is 5.92 Å². The number of piperidine rings is 1. The first-order valence-corrected chi connectivity index (χ1v) is 12.3. The molecule has 0 bridgehead atoms. The van der Waals surface area contributed by atoms with Crippen molar-refractivity contribution in [3.63, 3.8) is 0 Å². The Hall–Kier alpha value is -1.81. The third kappa shape index (κ3) is 4.53. The first-order valence-electron chi connectivity index (χ1n) is 9.20. The molecule has 0 amide bonds. The maximum Gasteiger partial charge on any atom is 0.310 e. The molecule has 4 rings (SSSR count).